The van der Waals surface area contributed by atoms with E-state index in [1.54, 1.807) is 0 Å². The molecule has 0 amide bonds. The van der Waals surface area contributed by atoms with Crippen molar-refractivity contribution in [1.82, 2.24) is 14.9 Å². The van der Waals surface area contributed by atoms with E-state index in [0.29, 0.717) is 5.95 Å². The zero-order valence-corrected chi connectivity index (χ0v) is 19.0. The van der Waals surface area contributed by atoms with Crippen LogP contribution in [0.4, 0.5) is 17.3 Å². The van der Waals surface area contributed by atoms with Gasteiger partial charge >= 0.3 is 0 Å². The van der Waals surface area contributed by atoms with Gasteiger partial charge in [0.05, 0.1) is 5.52 Å². The molecule has 0 unspecified atom stereocenters. The Bertz CT molecular complexity index is 1220. The molecule has 5 nitrogen and oxygen atoms in total. The zero-order chi connectivity index (χ0) is 22.1. The van der Waals surface area contributed by atoms with Gasteiger partial charge < -0.3 is 15.1 Å². The van der Waals surface area contributed by atoms with E-state index in [0.717, 1.165) is 42.8 Å². The van der Waals surface area contributed by atoms with Crippen LogP contribution < -0.4 is 10.2 Å². The number of benzene rings is 3. The smallest absolute Gasteiger partial charge is 0.227 e. The lowest BCUT2D eigenvalue weighted by Gasteiger charge is -2.34. The van der Waals surface area contributed by atoms with Crippen LogP contribution in [-0.2, 0) is 0 Å². The fraction of sp³-hybridized carbons (Fsp3) is 0.259. The first-order valence-electron chi connectivity index (χ1n) is 11.2. The second kappa shape index (κ2) is 8.60. The van der Waals surface area contributed by atoms with Gasteiger partial charge in [-0.3, -0.25) is 0 Å². The standard InChI is InChI=1S/C27H29N5/c1-19-5-4-6-20(2)26(19)21-7-12-25-22(17-21)18-28-27(30-25)29-23-8-10-24(11-9-23)32-15-13-31(3)14-16-32/h4-12,17-18H,13-16H2,1-3H3,(H,28,29,30). The molecule has 0 bridgehead atoms. The minimum absolute atomic E-state index is 0.615. The number of aromatic nitrogens is 2. The Hall–Kier alpha value is -3.44. The summed E-state index contributed by atoms with van der Waals surface area (Å²) in [4.78, 5) is 14.1. The molecule has 1 N–H and O–H groups in total. The van der Waals surface area contributed by atoms with E-state index in [2.05, 4.69) is 102 Å². The lowest BCUT2D eigenvalue weighted by atomic mass is 9.95. The summed E-state index contributed by atoms with van der Waals surface area (Å²) in [7, 11) is 2.18. The molecule has 0 atom stereocenters. The molecule has 0 spiro atoms. The summed E-state index contributed by atoms with van der Waals surface area (Å²) in [5.74, 6) is 0.615. The highest BCUT2D eigenvalue weighted by Crippen LogP contribution is 2.30. The molecular weight excluding hydrogens is 394 g/mol. The average molecular weight is 424 g/mol. The summed E-state index contributed by atoms with van der Waals surface area (Å²) >= 11 is 0. The van der Waals surface area contributed by atoms with Gasteiger partial charge in [-0.05, 0) is 79.5 Å². The number of fused-ring (bicyclic) bond motifs is 1. The number of aryl methyl sites for hydroxylation is 2. The van der Waals surface area contributed by atoms with E-state index in [1.165, 1.54) is 27.9 Å². The van der Waals surface area contributed by atoms with Crippen molar-refractivity contribution < 1.29 is 0 Å². The van der Waals surface area contributed by atoms with E-state index in [4.69, 9.17) is 4.98 Å². The predicted molar refractivity (Wildman–Crippen MR) is 134 cm³/mol. The molecule has 1 saturated heterocycles. The van der Waals surface area contributed by atoms with Crippen LogP contribution in [0.2, 0.25) is 0 Å². The molecule has 2 heterocycles. The van der Waals surface area contributed by atoms with E-state index < -0.39 is 0 Å². The Morgan fingerprint density at radius 3 is 2.28 bits per heavy atom. The Morgan fingerprint density at radius 2 is 1.56 bits per heavy atom. The lowest BCUT2D eigenvalue weighted by molar-refractivity contribution is 0.313. The first-order chi connectivity index (χ1) is 15.6. The lowest BCUT2D eigenvalue weighted by Crippen LogP contribution is -2.44. The number of hydrogen-bond acceptors (Lipinski definition) is 5. The van der Waals surface area contributed by atoms with E-state index in [1.807, 2.05) is 6.20 Å². The van der Waals surface area contributed by atoms with Crippen molar-refractivity contribution in [2.75, 3.05) is 43.4 Å². The molecule has 5 rings (SSSR count). The highest BCUT2D eigenvalue weighted by Gasteiger charge is 2.14. The second-order valence-corrected chi connectivity index (χ2v) is 8.70. The fourth-order valence-electron chi connectivity index (χ4n) is 4.47. The van der Waals surface area contributed by atoms with Gasteiger partial charge in [0, 0.05) is 49.1 Å². The van der Waals surface area contributed by atoms with Crippen LogP contribution in [-0.4, -0.2) is 48.1 Å². The zero-order valence-electron chi connectivity index (χ0n) is 19.0. The molecule has 3 aromatic carbocycles. The number of anilines is 3. The number of hydrogen-bond donors (Lipinski definition) is 1. The first kappa shape index (κ1) is 20.5. The topological polar surface area (TPSA) is 44.3 Å². The van der Waals surface area contributed by atoms with Crippen molar-refractivity contribution in [3.8, 4) is 11.1 Å². The van der Waals surface area contributed by atoms with Crippen molar-refractivity contribution in [2.24, 2.45) is 0 Å². The third-order valence-electron chi connectivity index (χ3n) is 6.34. The van der Waals surface area contributed by atoms with Crippen molar-refractivity contribution in [2.45, 2.75) is 13.8 Å². The monoisotopic (exact) mass is 423 g/mol. The van der Waals surface area contributed by atoms with Crippen molar-refractivity contribution in [1.29, 1.82) is 0 Å². The van der Waals surface area contributed by atoms with Gasteiger partial charge in [-0.2, -0.15) is 0 Å². The van der Waals surface area contributed by atoms with E-state index >= 15 is 0 Å². The van der Waals surface area contributed by atoms with Gasteiger partial charge in [-0.1, -0.05) is 24.3 Å². The van der Waals surface area contributed by atoms with Gasteiger partial charge in [0.15, 0.2) is 0 Å². The van der Waals surface area contributed by atoms with Gasteiger partial charge in [-0.25, -0.2) is 9.97 Å². The Labute approximate surface area is 189 Å². The molecule has 32 heavy (non-hydrogen) atoms. The minimum atomic E-state index is 0.615. The number of piperazine rings is 1. The van der Waals surface area contributed by atoms with Gasteiger partial charge in [-0.15, -0.1) is 0 Å². The van der Waals surface area contributed by atoms with Crippen LogP contribution >= 0.6 is 0 Å². The van der Waals surface area contributed by atoms with Crippen LogP contribution in [0.5, 0.6) is 0 Å². The molecule has 5 heteroatoms. The maximum atomic E-state index is 4.73. The van der Waals surface area contributed by atoms with Crippen LogP contribution in [0.1, 0.15) is 11.1 Å². The molecule has 1 aromatic heterocycles. The Morgan fingerprint density at radius 1 is 0.844 bits per heavy atom. The highest BCUT2D eigenvalue weighted by atomic mass is 15.2. The van der Waals surface area contributed by atoms with Crippen molar-refractivity contribution in [3.63, 3.8) is 0 Å². The summed E-state index contributed by atoms with van der Waals surface area (Å²) < 4.78 is 0. The predicted octanol–water partition coefficient (Wildman–Crippen LogP) is 5.41. The number of likely N-dealkylation sites (N-methyl/N-ethyl adjacent to an activating group) is 1. The Kier molecular flexibility index (Phi) is 5.50. The third-order valence-corrected chi connectivity index (χ3v) is 6.34. The quantitative estimate of drug-likeness (QED) is 0.476. The highest BCUT2D eigenvalue weighted by molar-refractivity contribution is 5.86. The SMILES string of the molecule is Cc1cccc(C)c1-c1ccc2nc(Nc3ccc(N4CCN(C)CC4)cc3)ncc2c1. The van der Waals surface area contributed by atoms with Crippen LogP contribution in [0, 0.1) is 13.8 Å². The second-order valence-electron chi connectivity index (χ2n) is 8.70. The Balaban J connectivity index is 1.34. The first-order valence-corrected chi connectivity index (χ1v) is 11.2. The largest absolute Gasteiger partial charge is 0.369 e. The number of nitrogens with one attached hydrogen (secondary N) is 1. The number of rotatable bonds is 4. The van der Waals surface area contributed by atoms with Crippen LogP contribution in [0.15, 0.2) is 66.9 Å². The molecule has 0 aliphatic carbocycles. The molecule has 162 valence electrons. The van der Waals surface area contributed by atoms with Gasteiger partial charge in [0.2, 0.25) is 5.95 Å². The molecule has 1 aliphatic rings. The normalized spacial score (nSPS) is 14.7. The average Bonchev–Trinajstić information content (AvgIpc) is 2.80. The molecule has 0 radical (unpaired) electrons. The van der Waals surface area contributed by atoms with Crippen LogP contribution in [0.25, 0.3) is 22.0 Å². The summed E-state index contributed by atoms with van der Waals surface area (Å²) in [5.41, 5.74) is 8.25. The molecule has 4 aromatic rings. The molecule has 1 fully saturated rings. The molecule has 1 aliphatic heterocycles. The summed E-state index contributed by atoms with van der Waals surface area (Å²) in [6.45, 7) is 8.67. The summed E-state index contributed by atoms with van der Waals surface area (Å²) in [6.07, 6.45) is 1.90. The molecular formula is C27H29N5. The summed E-state index contributed by atoms with van der Waals surface area (Å²) in [5, 5.41) is 4.39. The van der Waals surface area contributed by atoms with E-state index in [-0.39, 0.29) is 0 Å². The van der Waals surface area contributed by atoms with Gasteiger partial charge in [0.1, 0.15) is 0 Å². The molecule has 0 saturated carbocycles. The minimum Gasteiger partial charge on any atom is -0.369 e. The van der Waals surface area contributed by atoms with E-state index in [9.17, 15) is 0 Å². The third kappa shape index (κ3) is 4.16. The van der Waals surface area contributed by atoms with Crippen molar-refractivity contribution in [3.05, 3.63) is 78.0 Å². The number of nitrogens with zero attached hydrogens (tertiary/aromatic N) is 4. The van der Waals surface area contributed by atoms with Crippen LogP contribution in [0.3, 0.4) is 0 Å². The maximum Gasteiger partial charge on any atom is 0.227 e. The fourth-order valence-corrected chi connectivity index (χ4v) is 4.47. The summed E-state index contributed by atoms with van der Waals surface area (Å²) in [6, 6.07) is 21.4. The maximum absolute atomic E-state index is 4.73. The van der Waals surface area contributed by atoms with Crippen molar-refractivity contribution >= 4 is 28.2 Å². The van der Waals surface area contributed by atoms with Gasteiger partial charge in [0.25, 0.3) is 0 Å².